The van der Waals surface area contributed by atoms with Gasteiger partial charge in [-0.2, -0.15) is 0 Å². The first kappa shape index (κ1) is 16.9. The molecule has 0 radical (unpaired) electrons. The molecule has 0 aliphatic carbocycles. The highest BCUT2D eigenvalue weighted by atomic mass is 32.1. The second-order valence-electron chi connectivity index (χ2n) is 6.09. The number of nitrogens with two attached hydrogens (primary N) is 1. The van der Waals surface area contributed by atoms with Gasteiger partial charge in [-0.3, -0.25) is 4.79 Å². The second-order valence-corrected chi connectivity index (χ2v) is 7.03. The number of nitrogens with zero attached hydrogens (tertiary/aromatic N) is 2. The van der Waals surface area contributed by atoms with E-state index < -0.39 is 0 Å². The summed E-state index contributed by atoms with van der Waals surface area (Å²) in [7, 11) is 0. The number of aromatic nitrogens is 1. The van der Waals surface area contributed by atoms with Crippen LogP contribution in [0.2, 0.25) is 0 Å². The molecule has 6 heteroatoms. The Labute approximate surface area is 146 Å². The molecule has 1 aliphatic rings. The summed E-state index contributed by atoms with van der Waals surface area (Å²) >= 11 is 1.51. The van der Waals surface area contributed by atoms with E-state index in [0.29, 0.717) is 25.3 Å². The maximum absolute atomic E-state index is 12.5. The van der Waals surface area contributed by atoms with Gasteiger partial charge in [-0.05, 0) is 25.6 Å². The Morgan fingerprint density at radius 3 is 2.71 bits per heavy atom. The van der Waals surface area contributed by atoms with Crippen LogP contribution in [0.4, 0.5) is 0 Å². The first-order chi connectivity index (χ1) is 11.7. The highest BCUT2D eigenvalue weighted by Gasteiger charge is 2.26. The average Bonchev–Trinajstić information content (AvgIpc) is 3.06. The van der Waals surface area contributed by atoms with Gasteiger partial charge >= 0.3 is 0 Å². The van der Waals surface area contributed by atoms with Crippen LogP contribution in [0.15, 0.2) is 29.6 Å². The number of amides is 1. The molecule has 1 fully saturated rings. The maximum Gasteiger partial charge on any atom is 0.273 e. The van der Waals surface area contributed by atoms with E-state index in [-0.39, 0.29) is 12.0 Å². The molecule has 2 aromatic rings. The van der Waals surface area contributed by atoms with Crippen molar-refractivity contribution in [2.24, 2.45) is 5.73 Å². The van der Waals surface area contributed by atoms with Crippen LogP contribution in [0.1, 0.15) is 33.9 Å². The number of hydrogen-bond acceptors (Lipinski definition) is 5. The molecule has 1 aliphatic heterocycles. The van der Waals surface area contributed by atoms with Gasteiger partial charge in [0, 0.05) is 37.7 Å². The van der Waals surface area contributed by atoms with Crippen molar-refractivity contribution in [1.82, 2.24) is 9.88 Å². The fraction of sp³-hybridized carbons (Fsp3) is 0.444. The minimum atomic E-state index is 0.0170. The molecule has 5 nitrogen and oxygen atoms in total. The third-order valence-electron chi connectivity index (χ3n) is 4.18. The summed E-state index contributed by atoms with van der Waals surface area (Å²) in [6.07, 6.45) is 2.59. The third kappa shape index (κ3) is 4.13. The van der Waals surface area contributed by atoms with Crippen molar-refractivity contribution >= 4 is 17.2 Å². The van der Waals surface area contributed by atoms with E-state index in [1.807, 2.05) is 22.4 Å². The average molecular weight is 345 g/mol. The Hall–Kier alpha value is -1.92. The van der Waals surface area contributed by atoms with Crippen molar-refractivity contribution in [1.29, 1.82) is 0 Å². The first-order valence-electron chi connectivity index (χ1n) is 8.33. The van der Waals surface area contributed by atoms with Crippen LogP contribution in [-0.2, 0) is 6.42 Å². The van der Waals surface area contributed by atoms with Crippen molar-refractivity contribution in [3.05, 3.63) is 45.9 Å². The molecule has 0 unspecified atom stereocenters. The minimum Gasteiger partial charge on any atom is -0.490 e. The zero-order valence-corrected chi connectivity index (χ0v) is 14.7. The highest BCUT2D eigenvalue weighted by Crippen LogP contribution is 2.21. The van der Waals surface area contributed by atoms with Crippen LogP contribution >= 0.6 is 11.3 Å². The summed E-state index contributed by atoms with van der Waals surface area (Å²) in [6, 6.07) is 8.10. The molecule has 2 heterocycles. The van der Waals surface area contributed by atoms with Gasteiger partial charge in [-0.25, -0.2) is 4.98 Å². The van der Waals surface area contributed by atoms with Gasteiger partial charge in [0.25, 0.3) is 5.91 Å². The summed E-state index contributed by atoms with van der Waals surface area (Å²) < 4.78 is 6.01. The van der Waals surface area contributed by atoms with Crippen LogP contribution < -0.4 is 10.5 Å². The fourth-order valence-electron chi connectivity index (χ4n) is 2.80. The lowest BCUT2D eigenvalue weighted by molar-refractivity contribution is 0.0590. The van der Waals surface area contributed by atoms with Gasteiger partial charge in [-0.1, -0.05) is 17.7 Å². The van der Waals surface area contributed by atoms with Gasteiger partial charge in [0.1, 0.15) is 17.5 Å². The molecule has 2 N–H and O–H groups in total. The quantitative estimate of drug-likeness (QED) is 0.904. The lowest BCUT2D eigenvalue weighted by Crippen LogP contribution is -2.41. The minimum absolute atomic E-state index is 0.0170. The van der Waals surface area contributed by atoms with Crippen LogP contribution in [0.5, 0.6) is 5.75 Å². The molecular formula is C18H23N3O2S. The Bertz CT molecular complexity index is 676. The molecule has 1 aromatic carbocycles. The van der Waals surface area contributed by atoms with Gasteiger partial charge in [-0.15, -0.1) is 11.3 Å². The smallest absolute Gasteiger partial charge is 0.273 e. The van der Waals surface area contributed by atoms with Crippen LogP contribution in [0, 0.1) is 6.92 Å². The molecule has 1 aromatic heterocycles. The van der Waals surface area contributed by atoms with Crippen LogP contribution in [-0.4, -0.2) is 41.5 Å². The Balaban J connectivity index is 1.52. The van der Waals surface area contributed by atoms with Crippen molar-refractivity contribution in [3.8, 4) is 5.75 Å². The molecule has 0 atom stereocenters. The predicted octanol–water partition coefficient (Wildman–Crippen LogP) is 2.64. The Morgan fingerprint density at radius 1 is 1.33 bits per heavy atom. The number of carbonyl (C=O) groups is 1. The summed E-state index contributed by atoms with van der Waals surface area (Å²) in [5, 5.41) is 2.76. The molecule has 0 bridgehead atoms. The number of hydrogen-bond donors (Lipinski definition) is 1. The van der Waals surface area contributed by atoms with Crippen molar-refractivity contribution in [3.63, 3.8) is 0 Å². The monoisotopic (exact) mass is 345 g/mol. The van der Waals surface area contributed by atoms with E-state index in [4.69, 9.17) is 10.5 Å². The SMILES string of the molecule is Cc1ccc(OC2CCN(C(=O)c3csc(CCN)n3)CC2)cc1. The lowest BCUT2D eigenvalue weighted by Gasteiger charge is -2.31. The molecule has 24 heavy (non-hydrogen) atoms. The van der Waals surface area contributed by atoms with E-state index in [2.05, 4.69) is 24.0 Å². The van der Waals surface area contributed by atoms with Gasteiger partial charge in [0.05, 0.1) is 5.01 Å². The second kappa shape index (κ2) is 7.77. The fourth-order valence-corrected chi connectivity index (χ4v) is 3.58. The number of ether oxygens (including phenoxy) is 1. The standard InChI is InChI=1S/C18H23N3O2S/c1-13-2-4-14(5-3-13)23-15-7-10-21(11-8-15)18(22)16-12-24-17(20-16)6-9-19/h2-5,12,15H,6-11,19H2,1H3. The third-order valence-corrected chi connectivity index (χ3v) is 5.09. The highest BCUT2D eigenvalue weighted by molar-refractivity contribution is 7.09. The number of benzene rings is 1. The molecule has 3 rings (SSSR count). The number of likely N-dealkylation sites (tertiary alicyclic amines) is 1. The number of carbonyl (C=O) groups excluding carboxylic acids is 1. The van der Waals surface area contributed by atoms with Crippen LogP contribution in [0.25, 0.3) is 0 Å². The molecule has 1 amide bonds. The topological polar surface area (TPSA) is 68.5 Å². The van der Waals surface area contributed by atoms with E-state index in [9.17, 15) is 4.79 Å². The number of piperidine rings is 1. The van der Waals surface area contributed by atoms with Crippen LogP contribution in [0.3, 0.4) is 0 Å². The summed E-state index contributed by atoms with van der Waals surface area (Å²) in [5.74, 6) is 0.916. The normalized spacial score (nSPS) is 15.5. The number of aryl methyl sites for hydroxylation is 1. The maximum atomic E-state index is 12.5. The zero-order chi connectivity index (χ0) is 16.9. The molecule has 128 valence electrons. The zero-order valence-electron chi connectivity index (χ0n) is 13.9. The van der Waals surface area contributed by atoms with Gasteiger partial charge in [0.15, 0.2) is 0 Å². The number of thiazole rings is 1. The lowest BCUT2D eigenvalue weighted by atomic mass is 10.1. The molecule has 0 spiro atoms. The van der Waals surface area contributed by atoms with Gasteiger partial charge in [0.2, 0.25) is 0 Å². The Kier molecular flexibility index (Phi) is 5.48. The molecular weight excluding hydrogens is 322 g/mol. The summed E-state index contributed by atoms with van der Waals surface area (Å²) in [6.45, 7) is 4.03. The van der Waals surface area contributed by atoms with Crippen molar-refractivity contribution < 1.29 is 9.53 Å². The largest absolute Gasteiger partial charge is 0.490 e. The summed E-state index contributed by atoms with van der Waals surface area (Å²) in [5.41, 5.74) is 7.30. The molecule has 0 saturated carbocycles. The van der Waals surface area contributed by atoms with Crippen molar-refractivity contribution in [2.75, 3.05) is 19.6 Å². The predicted molar refractivity (Wildman–Crippen MR) is 95.6 cm³/mol. The van der Waals surface area contributed by atoms with E-state index in [1.165, 1.54) is 16.9 Å². The van der Waals surface area contributed by atoms with Crippen molar-refractivity contribution in [2.45, 2.75) is 32.3 Å². The van der Waals surface area contributed by atoms with E-state index in [0.717, 1.165) is 30.0 Å². The van der Waals surface area contributed by atoms with E-state index >= 15 is 0 Å². The Morgan fingerprint density at radius 2 is 2.04 bits per heavy atom. The van der Waals surface area contributed by atoms with Gasteiger partial charge < -0.3 is 15.4 Å². The molecule has 1 saturated heterocycles. The summed E-state index contributed by atoms with van der Waals surface area (Å²) in [4.78, 5) is 18.8. The number of rotatable bonds is 5. The van der Waals surface area contributed by atoms with E-state index in [1.54, 1.807) is 0 Å². The first-order valence-corrected chi connectivity index (χ1v) is 9.21.